The normalized spacial score (nSPS) is 23.0. The number of carbonyl (C=O) groups is 1. The van der Waals surface area contributed by atoms with E-state index >= 15 is 0 Å². The lowest BCUT2D eigenvalue weighted by molar-refractivity contribution is -0.136. The van der Waals surface area contributed by atoms with Crippen LogP contribution in [0.2, 0.25) is 10.0 Å². The highest BCUT2D eigenvalue weighted by Crippen LogP contribution is 2.43. The van der Waals surface area contributed by atoms with Gasteiger partial charge in [0.25, 0.3) is 0 Å². The minimum absolute atomic E-state index is 0.0176. The number of carbonyl (C=O) groups excluding carboxylic acids is 1. The minimum atomic E-state index is -0.0304. The average Bonchev–Trinajstić information content (AvgIpc) is 3.16. The maximum absolute atomic E-state index is 13.2. The molecule has 2 saturated heterocycles. The molecule has 2 aliphatic rings. The van der Waals surface area contributed by atoms with E-state index in [9.17, 15) is 4.79 Å². The fourth-order valence-electron chi connectivity index (χ4n) is 5.61. The van der Waals surface area contributed by atoms with Crippen molar-refractivity contribution in [2.24, 2.45) is 5.92 Å². The topological polar surface area (TPSA) is 23.6 Å². The zero-order valence-corrected chi connectivity index (χ0v) is 20.7. The fourth-order valence-corrected chi connectivity index (χ4v) is 6.09. The molecule has 2 aromatic rings. The maximum atomic E-state index is 13.2. The summed E-state index contributed by atoms with van der Waals surface area (Å²) >= 11 is 13.4. The Kier molecular flexibility index (Phi) is 7.81. The quantitative estimate of drug-likeness (QED) is 0.452. The lowest BCUT2D eigenvalue weighted by atomic mass is 9.92. The van der Waals surface area contributed by atoms with E-state index in [1.807, 2.05) is 36.4 Å². The Hall–Kier alpha value is -1.55. The molecule has 0 aliphatic carbocycles. The molecule has 0 spiro atoms. The van der Waals surface area contributed by atoms with Gasteiger partial charge in [-0.2, -0.15) is 0 Å². The molecule has 0 bridgehead atoms. The van der Waals surface area contributed by atoms with Crippen LogP contribution in [0, 0.1) is 5.92 Å². The van der Waals surface area contributed by atoms with Gasteiger partial charge in [-0.15, -0.1) is 0 Å². The van der Waals surface area contributed by atoms with E-state index in [0.717, 1.165) is 66.4 Å². The van der Waals surface area contributed by atoms with Crippen LogP contribution in [0.5, 0.6) is 0 Å². The van der Waals surface area contributed by atoms with E-state index in [4.69, 9.17) is 23.2 Å². The van der Waals surface area contributed by atoms with Crippen LogP contribution in [-0.4, -0.2) is 40.9 Å². The average molecular weight is 473 g/mol. The summed E-state index contributed by atoms with van der Waals surface area (Å²) in [6, 6.07) is 16.8. The number of benzene rings is 2. The summed E-state index contributed by atoms with van der Waals surface area (Å²) in [5.74, 6) is 0.334. The van der Waals surface area contributed by atoms with Gasteiger partial charge in [0.1, 0.15) is 0 Å². The largest absolute Gasteiger partial charge is 0.342 e. The van der Waals surface area contributed by atoms with E-state index in [2.05, 4.69) is 35.8 Å². The number of likely N-dealkylation sites (tertiary alicyclic amines) is 2. The van der Waals surface area contributed by atoms with Crippen LogP contribution in [0.1, 0.15) is 69.5 Å². The number of halogens is 2. The Labute approximate surface area is 202 Å². The van der Waals surface area contributed by atoms with Gasteiger partial charge in [0, 0.05) is 41.1 Å². The summed E-state index contributed by atoms with van der Waals surface area (Å²) < 4.78 is 0. The Bertz CT molecular complexity index is 882. The highest BCUT2D eigenvalue weighted by molar-refractivity contribution is 6.32. The molecule has 0 N–H and O–H groups in total. The third-order valence-corrected chi connectivity index (χ3v) is 7.95. The Morgan fingerprint density at radius 3 is 2.06 bits per heavy atom. The van der Waals surface area contributed by atoms with Crippen LogP contribution in [0.25, 0.3) is 0 Å². The molecular weight excluding hydrogens is 439 g/mol. The predicted octanol–water partition coefficient (Wildman–Crippen LogP) is 6.97. The van der Waals surface area contributed by atoms with Gasteiger partial charge in [-0.1, -0.05) is 66.5 Å². The molecule has 2 heterocycles. The molecule has 3 unspecified atom stereocenters. The van der Waals surface area contributed by atoms with Crippen molar-refractivity contribution in [3.63, 3.8) is 0 Å². The SMILES string of the molecule is CC(CC1CCC(C)N1C(c1ccccc1Cl)c1ccccc1Cl)C(=O)N1CCCCC1. The van der Waals surface area contributed by atoms with Crippen LogP contribution in [0.3, 0.4) is 0 Å². The van der Waals surface area contributed by atoms with Crippen molar-refractivity contribution >= 4 is 29.1 Å². The summed E-state index contributed by atoms with van der Waals surface area (Å²) in [6.07, 6.45) is 6.57. The van der Waals surface area contributed by atoms with Crippen LogP contribution < -0.4 is 0 Å². The Morgan fingerprint density at radius 1 is 0.938 bits per heavy atom. The predicted molar refractivity (Wildman–Crippen MR) is 133 cm³/mol. The van der Waals surface area contributed by atoms with Gasteiger partial charge in [0.05, 0.1) is 6.04 Å². The first-order valence-electron chi connectivity index (χ1n) is 12.0. The molecule has 0 aromatic heterocycles. The van der Waals surface area contributed by atoms with E-state index in [1.165, 1.54) is 6.42 Å². The molecule has 172 valence electrons. The Morgan fingerprint density at radius 2 is 1.50 bits per heavy atom. The second kappa shape index (κ2) is 10.6. The van der Waals surface area contributed by atoms with E-state index < -0.39 is 0 Å². The second-order valence-electron chi connectivity index (χ2n) is 9.50. The molecule has 3 atom stereocenters. The molecule has 2 aliphatic heterocycles. The first-order valence-corrected chi connectivity index (χ1v) is 12.8. The number of rotatable bonds is 6. The smallest absolute Gasteiger partial charge is 0.225 e. The number of amides is 1. The first-order chi connectivity index (χ1) is 15.5. The molecule has 32 heavy (non-hydrogen) atoms. The van der Waals surface area contributed by atoms with Crippen LogP contribution in [-0.2, 0) is 4.79 Å². The monoisotopic (exact) mass is 472 g/mol. The molecule has 4 rings (SSSR count). The zero-order valence-electron chi connectivity index (χ0n) is 19.1. The van der Waals surface area contributed by atoms with Gasteiger partial charge in [0.15, 0.2) is 0 Å². The van der Waals surface area contributed by atoms with E-state index in [-0.39, 0.29) is 12.0 Å². The Balaban J connectivity index is 1.64. The molecular formula is C27H34Cl2N2O. The highest BCUT2D eigenvalue weighted by atomic mass is 35.5. The number of piperidine rings is 1. The maximum Gasteiger partial charge on any atom is 0.225 e. The molecule has 1 amide bonds. The van der Waals surface area contributed by atoms with Crippen molar-refractivity contribution in [2.45, 2.75) is 70.5 Å². The van der Waals surface area contributed by atoms with Gasteiger partial charge in [0.2, 0.25) is 5.91 Å². The van der Waals surface area contributed by atoms with Gasteiger partial charge in [-0.25, -0.2) is 0 Å². The highest BCUT2D eigenvalue weighted by Gasteiger charge is 2.40. The molecule has 2 fully saturated rings. The molecule has 2 aromatic carbocycles. The third-order valence-electron chi connectivity index (χ3n) is 7.26. The summed E-state index contributed by atoms with van der Waals surface area (Å²) in [5, 5.41) is 1.51. The first kappa shape index (κ1) is 23.6. The number of hydrogen-bond donors (Lipinski definition) is 0. The molecule has 0 radical (unpaired) electrons. The molecule has 5 heteroatoms. The lowest BCUT2D eigenvalue weighted by Gasteiger charge is -2.39. The van der Waals surface area contributed by atoms with Crippen LogP contribution in [0.15, 0.2) is 48.5 Å². The molecule has 0 saturated carbocycles. The van der Waals surface area contributed by atoms with Crippen molar-refractivity contribution in [1.82, 2.24) is 9.80 Å². The second-order valence-corrected chi connectivity index (χ2v) is 10.3. The van der Waals surface area contributed by atoms with Gasteiger partial charge < -0.3 is 4.90 Å². The van der Waals surface area contributed by atoms with Crippen molar-refractivity contribution in [3.8, 4) is 0 Å². The standard InChI is InChI=1S/C27H34Cl2N2O/c1-19(27(32)30-16-8-3-9-17-30)18-21-15-14-20(2)31(21)26(22-10-4-6-12-24(22)28)23-11-5-7-13-25(23)29/h4-7,10-13,19-21,26H,3,8-9,14-18H2,1-2H3. The van der Waals surface area contributed by atoms with Crippen LogP contribution in [0.4, 0.5) is 0 Å². The summed E-state index contributed by atoms with van der Waals surface area (Å²) in [4.78, 5) is 17.8. The van der Waals surface area contributed by atoms with Gasteiger partial charge in [-0.05, 0) is 68.7 Å². The number of hydrogen-bond acceptors (Lipinski definition) is 2. The van der Waals surface area contributed by atoms with E-state index in [1.54, 1.807) is 0 Å². The van der Waals surface area contributed by atoms with Crippen molar-refractivity contribution in [3.05, 3.63) is 69.7 Å². The van der Waals surface area contributed by atoms with Crippen LogP contribution >= 0.6 is 23.2 Å². The zero-order chi connectivity index (χ0) is 22.7. The summed E-state index contributed by atoms with van der Waals surface area (Å²) in [6.45, 7) is 6.22. The number of nitrogens with zero attached hydrogens (tertiary/aromatic N) is 2. The summed E-state index contributed by atoms with van der Waals surface area (Å²) in [5.41, 5.74) is 2.16. The van der Waals surface area contributed by atoms with Crippen molar-refractivity contribution in [2.75, 3.05) is 13.1 Å². The lowest BCUT2D eigenvalue weighted by Crippen LogP contribution is -2.43. The van der Waals surface area contributed by atoms with Gasteiger partial charge in [-0.3, -0.25) is 9.69 Å². The van der Waals surface area contributed by atoms with Crippen molar-refractivity contribution in [1.29, 1.82) is 0 Å². The molecule has 3 nitrogen and oxygen atoms in total. The summed E-state index contributed by atoms with van der Waals surface area (Å²) in [7, 11) is 0. The van der Waals surface area contributed by atoms with Gasteiger partial charge >= 0.3 is 0 Å². The minimum Gasteiger partial charge on any atom is -0.342 e. The fraction of sp³-hybridized carbons (Fsp3) is 0.519. The van der Waals surface area contributed by atoms with E-state index in [0.29, 0.717) is 18.0 Å². The van der Waals surface area contributed by atoms with Crippen molar-refractivity contribution < 1.29 is 4.79 Å². The third kappa shape index (κ3) is 5.00.